The molecule has 3 heteroatoms. The minimum Gasteiger partial charge on any atom is -0.331 e. The lowest BCUT2D eigenvalue weighted by molar-refractivity contribution is -0.870. The highest BCUT2D eigenvalue weighted by molar-refractivity contribution is 4.66. The summed E-state index contributed by atoms with van der Waals surface area (Å²) in [6.07, 6.45) is 2.46. The van der Waals surface area contributed by atoms with E-state index in [1.54, 1.807) is 0 Å². The highest BCUT2D eigenvalue weighted by atomic mass is 15.3. The van der Waals surface area contributed by atoms with Crippen molar-refractivity contribution in [2.75, 3.05) is 48.3 Å². The third kappa shape index (κ3) is 6.99. The van der Waals surface area contributed by atoms with Crippen molar-refractivity contribution < 1.29 is 4.48 Å². The molecule has 0 amide bonds. The van der Waals surface area contributed by atoms with Gasteiger partial charge >= 0.3 is 0 Å². The van der Waals surface area contributed by atoms with Gasteiger partial charge in [-0.25, -0.2) is 0 Å². The predicted molar refractivity (Wildman–Crippen MR) is 58.7 cm³/mol. The van der Waals surface area contributed by atoms with Crippen LogP contribution in [0.15, 0.2) is 0 Å². The lowest BCUT2D eigenvalue weighted by atomic mass is 10.1. The topological polar surface area (TPSA) is 29.3 Å². The van der Waals surface area contributed by atoms with Crippen molar-refractivity contribution in [3.8, 4) is 0 Å². The van der Waals surface area contributed by atoms with Crippen LogP contribution in [-0.2, 0) is 0 Å². The quantitative estimate of drug-likeness (QED) is 0.610. The maximum atomic E-state index is 5.68. The summed E-state index contributed by atoms with van der Waals surface area (Å²) in [5.74, 6) is 0. The minimum absolute atomic E-state index is 0.548. The average molecular weight is 188 g/mol. The van der Waals surface area contributed by atoms with E-state index in [0.29, 0.717) is 6.04 Å². The van der Waals surface area contributed by atoms with Crippen molar-refractivity contribution in [2.24, 2.45) is 5.73 Å². The van der Waals surface area contributed by atoms with Crippen LogP contribution in [0.3, 0.4) is 0 Å². The molecule has 0 saturated heterocycles. The number of quaternary nitrogens is 1. The summed E-state index contributed by atoms with van der Waals surface area (Å²) in [5.41, 5.74) is 5.68. The first kappa shape index (κ1) is 12.9. The summed E-state index contributed by atoms with van der Waals surface area (Å²) >= 11 is 0. The maximum Gasteiger partial charge on any atom is 0.0781 e. The number of rotatable bonds is 6. The molecule has 0 aliphatic carbocycles. The smallest absolute Gasteiger partial charge is 0.0781 e. The fourth-order valence-electron chi connectivity index (χ4n) is 1.39. The Morgan fingerprint density at radius 3 is 2.08 bits per heavy atom. The Balaban J connectivity index is 3.62. The number of likely N-dealkylation sites (N-methyl/N-ethyl adjacent to an activating group) is 1. The molecular formula is C10H26N3+. The zero-order valence-electron chi connectivity index (χ0n) is 9.88. The summed E-state index contributed by atoms with van der Waals surface area (Å²) in [4.78, 5) is 2.22. The summed E-state index contributed by atoms with van der Waals surface area (Å²) in [6.45, 7) is 1.99. The Bertz CT molecular complexity index is 127. The molecule has 1 atom stereocenters. The molecule has 0 bridgehead atoms. The van der Waals surface area contributed by atoms with Crippen LogP contribution in [-0.4, -0.2) is 63.8 Å². The van der Waals surface area contributed by atoms with E-state index in [0.717, 1.165) is 11.0 Å². The van der Waals surface area contributed by atoms with Crippen molar-refractivity contribution in [3.63, 3.8) is 0 Å². The lowest BCUT2D eigenvalue weighted by Crippen LogP contribution is -2.38. The number of hydrogen-bond donors (Lipinski definition) is 1. The molecule has 0 rings (SSSR count). The van der Waals surface area contributed by atoms with Gasteiger partial charge < -0.3 is 15.1 Å². The van der Waals surface area contributed by atoms with Crippen molar-refractivity contribution >= 4 is 0 Å². The van der Waals surface area contributed by atoms with Gasteiger partial charge in [0.2, 0.25) is 0 Å². The Morgan fingerprint density at radius 1 is 1.23 bits per heavy atom. The molecule has 0 aromatic heterocycles. The molecule has 0 radical (unpaired) electrons. The fourth-order valence-corrected chi connectivity index (χ4v) is 1.39. The number of nitrogens with zero attached hydrogens (tertiary/aromatic N) is 2. The van der Waals surface area contributed by atoms with Gasteiger partial charge in [-0.05, 0) is 26.9 Å². The Hall–Kier alpha value is -0.120. The number of nitrogens with two attached hydrogens (primary N) is 1. The van der Waals surface area contributed by atoms with Crippen LogP contribution in [0.25, 0.3) is 0 Å². The highest BCUT2D eigenvalue weighted by Gasteiger charge is 2.11. The van der Waals surface area contributed by atoms with Gasteiger partial charge in [-0.3, -0.25) is 0 Å². The summed E-state index contributed by atoms with van der Waals surface area (Å²) in [5, 5.41) is 0. The molecule has 2 N–H and O–H groups in total. The minimum atomic E-state index is 0.548. The second-order valence-corrected chi connectivity index (χ2v) is 5.01. The molecular weight excluding hydrogens is 162 g/mol. The van der Waals surface area contributed by atoms with Crippen molar-refractivity contribution in [2.45, 2.75) is 18.9 Å². The SMILES string of the molecule is CN(C)C(CN)CCC[N+](C)(C)C. The normalized spacial score (nSPS) is 15.0. The van der Waals surface area contributed by atoms with Gasteiger partial charge in [0.05, 0.1) is 27.7 Å². The Labute approximate surface area is 83.1 Å². The van der Waals surface area contributed by atoms with E-state index in [4.69, 9.17) is 5.73 Å². The monoisotopic (exact) mass is 188 g/mol. The second kappa shape index (κ2) is 5.58. The lowest BCUT2D eigenvalue weighted by Gasteiger charge is -2.27. The van der Waals surface area contributed by atoms with E-state index in [9.17, 15) is 0 Å². The second-order valence-electron chi connectivity index (χ2n) is 5.01. The first-order valence-corrected chi connectivity index (χ1v) is 5.04. The Kier molecular flexibility index (Phi) is 5.53. The zero-order chi connectivity index (χ0) is 10.5. The third-order valence-corrected chi connectivity index (χ3v) is 2.37. The van der Waals surface area contributed by atoms with Crippen LogP contribution in [0.4, 0.5) is 0 Å². The van der Waals surface area contributed by atoms with Crippen molar-refractivity contribution in [1.82, 2.24) is 4.90 Å². The van der Waals surface area contributed by atoms with Gasteiger partial charge in [-0.15, -0.1) is 0 Å². The highest BCUT2D eigenvalue weighted by Crippen LogP contribution is 2.04. The van der Waals surface area contributed by atoms with Crippen LogP contribution in [0.5, 0.6) is 0 Å². The summed E-state index contributed by atoms with van der Waals surface area (Å²) in [6, 6.07) is 0.548. The van der Waals surface area contributed by atoms with E-state index >= 15 is 0 Å². The van der Waals surface area contributed by atoms with Gasteiger partial charge in [0.1, 0.15) is 0 Å². The van der Waals surface area contributed by atoms with Gasteiger partial charge in [0.25, 0.3) is 0 Å². The van der Waals surface area contributed by atoms with Gasteiger partial charge in [0.15, 0.2) is 0 Å². The standard InChI is InChI=1S/C10H26N3/c1-12(2)10(9-11)7-6-8-13(3,4)5/h10H,6-9,11H2,1-5H3/q+1. The van der Waals surface area contributed by atoms with Crippen LogP contribution >= 0.6 is 0 Å². The average Bonchev–Trinajstić information content (AvgIpc) is 1.95. The third-order valence-electron chi connectivity index (χ3n) is 2.37. The van der Waals surface area contributed by atoms with Crippen LogP contribution in [0.2, 0.25) is 0 Å². The van der Waals surface area contributed by atoms with E-state index in [-0.39, 0.29) is 0 Å². The van der Waals surface area contributed by atoms with Crippen LogP contribution < -0.4 is 5.73 Å². The van der Waals surface area contributed by atoms with Crippen LogP contribution in [0, 0.1) is 0 Å². The summed E-state index contributed by atoms with van der Waals surface area (Å²) in [7, 11) is 10.9. The van der Waals surface area contributed by atoms with E-state index < -0.39 is 0 Å². The van der Waals surface area contributed by atoms with Gasteiger partial charge in [-0.2, -0.15) is 0 Å². The molecule has 1 unspecified atom stereocenters. The molecule has 0 aromatic rings. The van der Waals surface area contributed by atoms with Crippen LogP contribution in [0.1, 0.15) is 12.8 Å². The van der Waals surface area contributed by atoms with Gasteiger partial charge in [-0.1, -0.05) is 0 Å². The van der Waals surface area contributed by atoms with E-state index in [2.05, 4.69) is 40.1 Å². The largest absolute Gasteiger partial charge is 0.331 e. The van der Waals surface area contributed by atoms with E-state index in [1.165, 1.54) is 19.4 Å². The zero-order valence-corrected chi connectivity index (χ0v) is 9.88. The number of hydrogen-bond acceptors (Lipinski definition) is 2. The molecule has 3 nitrogen and oxygen atoms in total. The predicted octanol–water partition coefficient (Wildman–Crippen LogP) is 0.362. The van der Waals surface area contributed by atoms with Gasteiger partial charge in [0, 0.05) is 12.6 Å². The molecule has 0 aromatic carbocycles. The molecule has 0 heterocycles. The van der Waals surface area contributed by atoms with E-state index in [1.807, 2.05) is 0 Å². The molecule has 13 heavy (non-hydrogen) atoms. The fraction of sp³-hybridized carbons (Fsp3) is 1.00. The Morgan fingerprint density at radius 2 is 1.77 bits per heavy atom. The molecule has 0 aliphatic rings. The molecule has 0 spiro atoms. The first-order valence-electron chi connectivity index (χ1n) is 5.04. The summed E-state index contributed by atoms with van der Waals surface area (Å²) < 4.78 is 1.05. The maximum absolute atomic E-state index is 5.68. The molecule has 0 fully saturated rings. The molecule has 0 saturated carbocycles. The first-order chi connectivity index (χ1) is 5.87. The van der Waals surface area contributed by atoms with Crippen molar-refractivity contribution in [3.05, 3.63) is 0 Å². The molecule has 0 aliphatic heterocycles. The van der Waals surface area contributed by atoms with Crippen molar-refractivity contribution in [1.29, 1.82) is 0 Å². The molecule has 80 valence electrons.